The van der Waals surface area contributed by atoms with E-state index in [4.69, 9.17) is 9.94 Å². The molecule has 0 aromatic heterocycles. The van der Waals surface area contributed by atoms with E-state index in [1.165, 1.54) is 12.2 Å². The van der Waals surface area contributed by atoms with Crippen LogP contribution in [0.4, 0.5) is 4.79 Å². The molecule has 0 aromatic rings. The molecule has 2 amide bonds. The van der Waals surface area contributed by atoms with Crippen molar-refractivity contribution in [3.63, 3.8) is 0 Å². The van der Waals surface area contributed by atoms with Crippen molar-refractivity contribution in [2.75, 3.05) is 26.9 Å². The maximum Gasteiger partial charge on any atom is 0.344 e. The van der Waals surface area contributed by atoms with Crippen molar-refractivity contribution >= 4 is 12.0 Å². The van der Waals surface area contributed by atoms with Crippen molar-refractivity contribution in [3.8, 4) is 0 Å². The Morgan fingerprint density at radius 2 is 2.29 bits per heavy atom. The second-order valence-corrected chi connectivity index (χ2v) is 4.18. The van der Waals surface area contributed by atoms with Crippen LogP contribution >= 0.6 is 0 Å². The Balaban J connectivity index is 1.96. The van der Waals surface area contributed by atoms with Crippen LogP contribution in [0.1, 0.15) is 12.8 Å². The van der Waals surface area contributed by atoms with E-state index in [0.717, 1.165) is 12.8 Å². The molecule has 0 spiro atoms. The fourth-order valence-electron chi connectivity index (χ4n) is 2.25. The zero-order valence-corrected chi connectivity index (χ0v) is 9.66. The number of nitrogens with zero attached hydrogens (tertiary/aromatic N) is 2. The molecule has 0 saturated carbocycles. The first kappa shape index (κ1) is 12.1. The maximum absolute atomic E-state index is 11.9. The number of ether oxygens (including phenoxy) is 1. The minimum absolute atomic E-state index is 0.0324. The molecule has 2 bridgehead atoms. The molecule has 2 saturated heterocycles. The number of carbonyl (C=O) groups excluding carboxylic acids is 2. The summed E-state index contributed by atoms with van der Waals surface area (Å²) in [6.07, 6.45) is 1.53. The molecular weight excluding hydrogens is 228 g/mol. The van der Waals surface area contributed by atoms with Gasteiger partial charge in [0.15, 0.2) is 6.61 Å². The minimum atomic E-state index is -0.520. The lowest BCUT2D eigenvalue weighted by Crippen LogP contribution is -2.42. The SMILES string of the molecule is COC(=O)CON1C(=O)N2CC1CCC2CO. The number of carbonyl (C=O) groups is 2. The predicted octanol–water partition coefficient (Wildman–Crippen LogP) is -0.648. The molecular formula is C10H16N2O5. The van der Waals surface area contributed by atoms with Crippen molar-refractivity contribution < 1.29 is 24.3 Å². The summed E-state index contributed by atoms with van der Waals surface area (Å²) in [5, 5.41) is 10.4. The smallest absolute Gasteiger partial charge is 0.344 e. The zero-order chi connectivity index (χ0) is 12.4. The van der Waals surface area contributed by atoms with Crippen molar-refractivity contribution in [2.45, 2.75) is 24.9 Å². The van der Waals surface area contributed by atoms with E-state index in [2.05, 4.69) is 4.74 Å². The predicted molar refractivity (Wildman–Crippen MR) is 55.8 cm³/mol. The molecule has 2 atom stereocenters. The van der Waals surface area contributed by atoms with Gasteiger partial charge in [-0.2, -0.15) is 5.06 Å². The topological polar surface area (TPSA) is 79.3 Å². The molecule has 17 heavy (non-hydrogen) atoms. The summed E-state index contributed by atoms with van der Waals surface area (Å²) in [4.78, 5) is 29.6. The third-order valence-corrected chi connectivity index (χ3v) is 3.21. The number of rotatable bonds is 4. The summed E-state index contributed by atoms with van der Waals surface area (Å²) in [5.41, 5.74) is 0. The highest BCUT2D eigenvalue weighted by Crippen LogP contribution is 2.29. The molecule has 0 radical (unpaired) electrons. The van der Waals surface area contributed by atoms with Gasteiger partial charge in [0.05, 0.1) is 25.8 Å². The molecule has 2 aliphatic rings. The Bertz CT molecular complexity index is 322. The van der Waals surface area contributed by atoms with Crippen LogP contribution in [-0.4, -0.2) is 66.0 Å². The standard InChI is InChI=1S/C10H16N2O5/c1-16-9(14)6-17-12-7-2-3-8(5-13)11(4-7)10(12)15/h7-8,13H,2-6H2,1H3. The molecule has 2 rings (SSSR count). The molecule has 96 valence electrons. The fourth-order valence-corrected chi connectivity index (χ4v) is 2.25. The van der Waals surface area contributed by atoms with E-state index in [0.29, 0.717) is 6.54 Å². The zero-order valence-electron chi connectivity index (χ0n) is 9.66. The van der Waals surface area contributed by atoms with Gasteiger partial charge < -0.3 is 14.7 Å². The lowest BCUT2D eigenvalue weighted by molar-refractivity contribution is -0.170. The van der Waals surface area contributed by atoms with Crippen LogP contribution < -0.4 is 0 Å². The van der Waals surface area contributed by atoms with Gasteiger partial charge >= 0.3 is 12.0 Å². The average molecular weight is 244 g/mol. The molecule has 0 aromatic carbocycles. The minimum Gasteiger partial charge on any atom is -0.467 e. The summed E-state index contributed by atoms with van der Waals surface area (Å²) in [7, 11) is 1.27. The Kier molecular flexibility index (Phi) is 3.49. The quantitative estimate of drug-likeness (QED) is 0.665. The number of hydroxylamine groups is 2. The van der Waals surface area contributed by atoms with Gasteiger partial charge in [-0.05, 0) is 12.8 Å². The van der Waals surface area contributed by atoms with Crippen molar-refractivity contribution in [1.82, 2.24) is 9.96 Å². The van der Waals surface area contributed by atoms with Crippen LogP contribution in [0.3, 0.4) is 0 Å². The van der Waals surface area contributed by atoms with E-state index in [9.17, 15) is 9.59 Å². The van der Waals surface area contributed by atoms with E-state index in [-0.39, 0.29) is 31.3 Å². The molecule has 1 N–H and O–H groups in total. The van der Waals surface area contributed by atoms with Crippen LogP contribution in [0.15, 0.2) is 0 Å². The van der Waals surface area contributed by atoms with Crippen molar-refractivity contribution in [1.29, 1.82) is 0 Å². The number of aliphatic hydroxyl groups is 1. The van der Waals surface area contributed by atoms with Gasteiger partial charge in [-0.3, -0.25) is 4.84 Å². The largest absolute Gasteiger partial charge is 0.467 e. The van der Waals surface area contributed by atoms with Crippen molar-refractivity contribution in [3.05, 3.63) is 0 Å². The number of hydrogen-bond donors (Lipinski definition) is 1. The summed E-state index contributed by atoms with van der Waals surface area (Å²) >= 11 is 0. The number of amides is 2. The van der Waals surface area contributed by atoms with Gasteiger partial charge in [-0.1, -0.05) is 0 Å². The molecule has 2 fully saturated rings. The number of piperidine rings is 1. The highest BCUT2D eigenvalue weighted by atomic mass is 16.7. The molecule has 7 heteroatoms. The molecule has 2 aliphatic heterocycles. The summed E-state index contributed by atoms with van der Waals surface area (Å²) < 4.78 is 4.44. The van der Waals surface area contributed by atoms with Crippen LogP contribution in [-0.2, 0) is 14.4 Å². The average Bonchev–Trinajstić information content (AvgIpc) is 2.60. The summed E-state index contributed by atoms with van der Waals surface area (Å²) in [6, 6.07) is -0.448. The van der Waals surface area contributed by atoms with E-state index in [1.54, 1.807) is 4.90 Å². The number of methoxy groups -OCH3 is 1. The van der Waals surface area contributed by atoms with Gasteiger partial charge in [-0.15, -0.1) is 0 Å². The van der Waals surface area contributed by atoms with Crippen LogP contribution in [0.5, 0.6) is 0 Å². The highest BCUT2D eigenvalue weighted by Gasteiger charge is 2.45. The van der Waals surface area contributed by atoms with Gasteiger partial charge in [0.1, 0.15) is 0 Å². The molecule has 2 heterocycles. The Morgan fingerprint density at radius 3 is 2.94 bits per heavy atom. The van der Waals surface area contributed by atoms with Crippen LogP contribution in [0, 0.1) is 0 Å². The van der Waals surface area contributed by atoms with Gasteiger partial charge in [0.25, 0.3) is 0 Å². The maximum atomic E-state index is 11.9. The second-order valence-electron chi connectivity index (χ2n) is 4.18. The molecule has 0 aliphatic carbocycles. The van der Waals surface area contributed by atoms with Crippen LogP contribution in [0.2, 0.25) is 0 Å². The van der Waals surface area contributed by atoms with Crippen LogP contribution in [0.25, 0.3) is 0 Å². The molecule has 2 unspecified atom stereocenters. The first-order chi connectivity index (χ1) is 8.17. The van der Waals surface area contributed by atoms with E-state index < -0.39 is 5.97 Å². The van der Waals surface area contributed by atoms with E-state index in [1.807, 2.05) is 0 Å². The first-order valence-corrected chi connectivity index (χ1v) is 5.57. The van der Waals surface area contributed by atoms with Gasteiger partial charge in [0.2, 0.25) is 0 Å². The fraction of sp³-hybridized carbons (Fsp3) is 0.800. The third-order valence-electron chi connectivity index (χ3n) is 3.21. The van der Waals surface area contributed by atoms with Crippen molar-refractivity contribution in [2.24, 2.45) is 0 Å². The number of hydrogen-bond acceptors (Lipinski definition) is 5. The summed E-state index contributed by atoms with van der Waals surface area (Å²) in [6.45, 7) is 0.241. The van der Waals surface area contributed by atoms with E-state index >= 15 is 0 Å². The first-order valence-electron chi connectivity index (χ1n) is 5.57. The number of esters is 1. The lowest BCUT2D eigenvalue weighted by Gasteiger charge is -2.28. The molecule has 7 nitrogen and oxygen atoms in total. The second kappa shape index (κ2) is 4.89. The monoisotopic (exact) mass is 244 g/mol. The number of aliphatic hydroxyl groups excluding tert-OH is 1. The lowest BCUT2D eigenvalue weighted by atomic mass is 10.0. The van der Waals surface area contributed by atoms with Gasteiger partial charge in [-0.25, -0.2) is 9.59 Å². The number of urea groups is 1. The Hall–Kier alpha value is -1.34. The number of fused-ring (bicyclic) bond motifs is 2. The Morgan fingerprint density at radius 1 is 1.53 bits per heavy atom. The Labute approximate surface area is 98.8 Å². The normalized spacial score (nSPS) is 27.5. The van der Waals surface area contributed by atoms with Gasteiger partial charge in [0, 0.05) is 6.54 Å². The highest BCUT2D eigenvalue weighted by molar-refractivity contribution is 5.77. The summed E-state index contributed by atoms with van der Waals surface area (Å²) in [5.74, 6) is -0.520. The third kappa shape index (κ3) is 2.20.